The minimum atomic E-state index is -4.39. The number of alkyl halides is 3. The van der Waals surface area contributed by atoms with E-state index in [2.05, 4.69) is 0 Å². The molecule has 0 aliphatic heterocycles. The second-order valence-electron chi connectivity index (χ2n) is 3.84. The van der Waals surface area contributed by atoms with Gasteiger partial charge in [-0.1, -0.05) is 12.1 Å². The quantitative estimate of drug-likeness (QED) is 0.812. The van der Waals surface area contributed by atoms with Crippen molar-refractivity contribution in [3.05, 3.63) is 35.4 Å². The van der Waals surface area contributed by atoms with Gasteiger partial charge in [0.25, 0.3) is 0 Å². The molecule has 0 amide bonds. The lowest BCUT2D eigenvalue weighted by molar-refractivity contribution is -0.191. The van der Waals surface area contributed by atoms with Crippen molar-refractivity contribution in [3.8, 4) is 0 Å². The number of ether oxygens (including phenoxy) is 2. The highest BCUT2D eigenvalue weighted by Crippen LogP contribution is 2.30. The molecule has 19 heavy (non-hydrogen) atoms. The van der Waals surface area contributed by atoms with Crippen LogP contribution in [0.3, 0.4) is 0 Å². The van der Waals surface area contributed by atoms with Gasteiger partial charge in [0.1, 0.15) is 6.10 Å². The van der Waals surface area contributed by atoms with Crippen molar-refractivity contribution in [3.63, 3.8) is 0 Å². The zero-order chi connectivity index (χ0) is 14.5. The van der Waals surface area contributed by atoms with E-state index in [0.29, 0.717) is 18.8 Å². The SMILES string of the molecule is CCOC(OCC)C(O)c1ccc(C(F)(F)F)cc1. The molecule has 0 aromatic heterocycles. The molecule has 1 aromatic rings. The van der Waals surface area contributed by atoms with Crippen molar-refractivity contribution in [2.24, 2.45) is 0 Å². The number of aliphatic hydroxyl groups excluding tert-OH is 1. The summed E-state index contributed by atoms with van der Waals surface area (Å²) in [4.78, 5) is 0. The number of hydrogen-bond donors (Lipinski definition) is 1. The molecule has 0 fully saturated rings. The van der Waals surface area contributed by atoms with Crippen LogP contribution in [0.25, 0.3) is 0 Å². The van der Waals surface area contributed by atoms with Crippen LogP contribution in [0.1, 0.15) is 31.1 Å². The highest BCUT2D eigenvalue weighted by atomic mass is 19.4. The van der Waals surface area contributed by atoms with Crippen LogP contribution >= 0.6 is 0 Å². The Morgan fingerprint density at radius 1 is 1.05 bits per heavy atom. The number of hydrogen-bond acceptors (Lipinski definition) is 3. The standard InChI is InChI=1S/C13H17F3O3/c1-3-18-12(19-4-2)11(17)9-5-7-10(8-6-9)13(14,15)16/h5-8,11-12,17H,3-4H2,1-2H3. The molecule has 0 saturated heterocycles. The third-order valence-corrected chi connectivity index (χ3v) is 2.50. The molecule has 1 rings (SSSR count). The lowest BCUT2D eigenvalue weighted by atomic mass is 10.1. The first-order valence-electron chi connectivity index (χ1n) is 5.98. The third-order valence-electron chi connectivity index (χ3n) is 2.50. The summed E-state index contributed by atoms with van der Waals surface area (Å²) < 4.78 is 47.6. The molecule has 0 aliphatic rings. The lowest BCUT2D eigenvalue weighted by Crippen LogP contribution is -2.25. The van der Waals surface area contributed by atoms with E-state index < -0.39 is 24.1 Å². The van der Waals surface area contributed by atoms with Gasteiger partial charge in [0.2, 0.25) is 0 Å². The van der Waals surface area contributed by atoms with E-state index >= 15 is 0 Å². The second kappa shape index (κ2) is 6.88. The molecule has 0 aliphatic carbocycles. The van der Waals surface area contributed by atoms with Crippen LogP contribution in [0.2, 0.25) is 0 Å². The summed E-state index contributed by atoms with van der Waals surface area (Å²) in [6.45, 7) is 4.15. The average molecular weight is 278 g/mol. The Bertz CT molecular complexity index is 370. The van der Waals surface area contributed by atoms with Gasteiger partial charge in [0, 0.05) is 13.2 Å². The van der Waals surface area contributed by atoms with Gasteiger partial charge in [-0.25, -0.2) is 0 Å². The molecule has 1 N–H and O–H groups in total. The normalized spacial score (nSPS) is 13.8. The zero-order valence-electron chi connectivity index (χ0n) is 10.8. The smallest absolute Gasteiger partial charge is 0.383 e. The van der Waals surface area contributed by atoms with Crippen LogP contribution in [-0.2, 0) is 15.7 Å². The Hall–Kier alpha value is -1.11. The molecular weight excluding hydrogens is 261 g/mol. The summed E-state index contributed by atoms with van der Waals surface area (Å²) in [6.07, 6.45) is -6.39. The molecule has 0 radical (unpaired) electrons. The molecule has 1 atom stereocenters. The van der Waals surface area contributed by atoms with E-state index in [1.165, 1.54) is 12.1 Å². The van der Waals surface area contributed by atoms with Gasteiger partial charge in [-0.3, -0.25) is 0 Å². The van der Waals surface area contributed by atoms with Gasteiger partial charge in [-0.05, 0) is 31.5 Å². The molecule has 0 spiro atoms. The van der Waals surface area contributed by atoms with Crippen LogP contribution in [-0.4, -0.2) is 24.6 Å². The predicted molar refractivity (Wildman–Crippen MR) is 63.4 cm³/mol. The van der Waals surface area contributed by atoms with Crippen molar-refractivity contribution in [2.45, 2.75) is 32.4 Å². The molecule has 108 valence electrons. The molecule has 0 bridgehead atoms. The van der Waals surface area contributed by atoms with Crippen molar-refractivity contribution >= 4 is 0 Å². The molecular formula is C13H17F3O3. The van der Waals surface area contributed by atoms with Gasteiger partial charge in [-0.2, -0.15) is 13.2 Å². The van der Waals surface area contributed by atoms with Crippen molar-refractivity contribution in [2.75, 3.05) is 13.2 Å². The van der Waals surface area contributed by atoms with E-state index in [1.807, 2.05) is 0 Å². The Morgan fingerprint density at radius 3 is 1.89 bits per heavy atom. The number of benzene rings is 1. The fraction of sp³-hybridized carbons (Fsp3) is 0.538. The van der Waals surface area contributed by atoms with E-state index in [4.69, 9.17) is 9.47 Å². The molecule has 1 unspecified atom stereocenters. The monoisotopic (exact) mass is 278 g/mol. The van der Waals surface area contributed by atoms with Crippen molar-refractivity contribution in [1.82, 2.24) is 0 Å². The lowest BCUT2D eigenvalue weighted by Gasteiger charge is -2.23. The first-order chi connectivity index (χ1) is 8.90. The molecule has 3 nitrogen and oxygen atoms in total. The van der Waals surface area contributed by atoms with Crippen molar-refractivity contribution < 1.29 is 27.8 Å². The van der Waals surface area contributed by atoms with Gasteiger partial charge in [0.15, 0.2) is 6.29 Å². The number of halogens is 3. The maximum Gasteiger partial charge on any atom is 0.416 e. The van der Waals surface area contributed by atoms with Gasteiger partial charge >= 0.3 is 6.18 Å². The fourth-order valence-electron chi connectivity index (χ4n) is 1.59. The van der Waals surface area contributed by atoms with E-state index in [9.17, 15) is 18.3 Å². The van der Waals surface area contributed by atoms with Crippen LogP contribution in [0.15, 0.2) is 24.3 Å². The summed E-state index contributed by atoms with van der Waals surface area (Å²) in [7, 11) is 0. The third kappa shape index (κ3) is 4.49. The highest BCUT2D eigenvalue weighted by molar-refractivity contribution is 5.26. The first kappa shape index (κ1) is 15.9. The summed E-state index contributed by atoms with van der Waals surface area (Å²) in [6, 6.07) is 4.29. The molecule has 6 heteroatoms. The fourth-order valence-corrected chi connectivity index (χ4v) is 1.59. The van der Waals surface area contributed by atoms with Gasteiger partial charge < -0.3 is 14.6 Å². The maximum absolute atomic E-state index is 12.4. The largest absolute Gasteiger partial charge is 0.416 e. The average Bonchev–Trinajstić information content (AvgIpc) is 2.37. The Balaban J connectivity index is 2.83. The van der Waals surface area contributed by atoms with Crippen LogP contribution in [0.4, 0.5) is 13.2 Å². The Kier molecular flexibility index (Phi) is 5.78. The van der Waals surface area contributed by atoms with Crippen LogP contribution in [0, 0.1) is 0 Å². The minimum Gasteiger partial charge on any atom is -0.383 e. The minimum absolute atomic E-state index is 0.319. The predicted octanol–water partition coefficient (Wildman–Crippen LogP) is 3.14. The summed E-state index contributed by atoms with van der Waals surface area (Å²) in [5.74, 6) is 0. The maximum atomic E-state index is 12.4. The Labute approximate surface area is 110 Å². The second-order valence-corrected chi connectivity index (χ2v) is 3.84. The van der Waals surface area contributed by atoms with Crippen molar-refractivity contribution in [1.29, 1.82) is 0 Å². The van der Waals surface area contributed by atoms with Crippen LogP contribution < -0.4 is 0 Å². The van der Waals surface area contributed by atoms with E-state index in [1.54, 1.807) is 13.8 Å². The zero-order valence-corrected chi connectivity index (χ0v) is 10.8. The number of aliphatic hydroxyl groups is 1. The molecule has 0 saturated carbocycles. The molecule has 0 heterocycles. The van der Waals surface area contributed by atoms with E-state index in [0.717, 1.165) is 12.1 Å². The Morgan fingerprint density at radius 2 is 1.53 bits per heavy atom. The topological polar surface area (TPSA) is 38.7 Å². The first-order valence-corrected chi connectivity index (χ1v) is 5.98. The van der Waals surface area contributed by atoms with Gasteiger partial charge in [-0.15, -0.1) is 0 Å². The van der Waals surface area contributed by atoms with Crippen LogP contribution in [0.5, 0.6) is 0 Å². The van der Waals surface area contributed by atoms with E-state index in [-0.39, 0.29) is 0 Å². The number of rotatable bonds is 6. The summed E-state index contributed by atoms with van der Waals surface area (Å²) in [5, 5.41) is 10.0. The summed E-state index contributed by atoms with van der Waals surface area (Å²) >= 11 is 0. The summed E-state index contributed by atoms with van der Waals surface area (Å²) in [5.41, 5.74) is -0.437. The highest BCUT2D eigenvalue weighted by Gasteiger charge is 2.30. The van der Waals surface area contributed by atoms with Gasteiger partial charge in [0.05, 0.1) is 5.56 Å². The molecule has 1 aromatic carbocycles.